The van der Waals surface area contributed by atoms with Crippen molar-refractivity contribution in [3.05, 3.63) is 79.4 Å². The maximum atomic E-state index is 12.6. The molecule has 0 aliphatic carbocycles. The molecule has 0 amide bonds. The number of benzene rings is 2. The minimum Gasteiger partial charge on any atom is -0.493 e. The molecule has 0 fully saturated rings. The van der Waals surface area contributed by atoms with E-state index in [4.69, 9.17) is 0 Å². The molecule has 3 heterocycles. The molecule has 0 spiro atoms. The summed E-state index contributed by atoms with van der Waals surface area (Å²) in [4.78, 5) is 34.3. The third-order valence-corrected chi connectivity index (χ3v) is 5.90. The Morgan fingerprint density at radius 1 is 1.09 bits per heavy atom. The number of hydrogen-bond donors (Lipinski definition) is 3. The highest BCUT2D eigenvalue weighted by Gasteiger charge is 2.18. The van der Waals surface area contributed by atoms with Crippen LogP contribution < -0.4 is 11.2 Å². The Labute approximate surface area is 194 Å². The van der Waals surface area contributed by atoms with Crippen LogP contribution in [0.4, 0.5) is 11.6 Å². The predicted molar refractivity (Wildman–Crippen MR) is 128 cm³/mol. The number of imidazole rings is 1. The topological polar surface area (TPSA) is 133 Å². The van der Waals surface area contributed by atoms with Crippen LogP contribution in [0.25, 0.3) is 22.1 Å². The maximum Gasteiger partial charge on any atom is 0.329 e. The van der Waals surface area contributed by atoms with Crippen molar-refractivity contribution in [2.45, 2.75) is 13.0 Å². The zero-order valence-electron chi connectivity index (χ0n) is 17.4. The lowest BCUT2D eigenvalue weighted by molar-refractivity contribution is 0.459. The van der Waals surface area contributed by atoms with Gasteiger partial charge in [-0.15, -0.1) is 10.2 Å². The van der Waals surface area contributed by atoms with Gasteiger partial charge in [0.25, 0.3) is 11.5 Å². The van der Waals surface area contributed by atoms with Crippen LogP contribution in [-0.4, -0.2) is 29.2 Å². The molecule has 0 atom stereocenters. The van der Waals surface area contributed by atoms with Crippen molar-refractivity contribution >= 4 is 49.6 Å². The lowest BCUT2D eigenvalue weighted by Crippen LogP contribution is -2.29. The molecule has 166 valence electrons. The van der Waals surface area contributed by atoms with Gasteiger partial charge in [-0.25, -0.2) is 4.79 Å². The van der Waals surface area contributed by atoms with Crippen molar-refractivity contribution < 1.29 is 5.11 Å². The van der Waals surface area contributed by atoms with E-state index in [-0.39, 0.29) is 28.7 Å². The summed E-state index contributed by atoms with van der Waals surface area (Å²) in [6.45, 7) is 0.390. The molecule has 3 aromatic heterocycles. The third kappa shape index (κ3) is 3.76. The standard InChI is InChI=1S/C22H18BrN7O3/c1-29-18-17(20(32)26-22(29)33)30(10-9-12-5-3-2-4-6-12)21(25-18)28-27-16-14-11-13(23)7-8-15(14)24-19(16)31/h2-8,11,24,31H,9-10H2,1H3,(H,26,32,33). The number of aryl methyl sites for hydroxylation is 3. The van der Waals surface area contributed by atoms with E-state index in [1.165, 1.54) is 11.6 Å². The smallest absolute Gasteiger partial charge is 0.329 e. The van der Waals surface area contributed by atoms with Crippen LogP contribution in [0.1, 0.15) is 5.56 Å². The Kier molecular flexibility index (Phi) is 5.17. The lowest BCUT2D eigenvalue weighted by atomic mass is 10.1. The molecule has 0 aliphatic heterocycles. The number of aromatic amines is 2. The summed E-state index contributed by atoms with van der Waals surface area (Å²) in [5.41, 5.74) is 1.33. The van der Waals surface area contributed by atoms with E-state index in [0.717, 1.165) is 10.0 Å². The molecule has 0 unspecified atom stereocenters. The summed E-state index contributed by atoms with van der Waals surface area (Å²) in [6, 6.07) is 15.3. The number of hydrogen-bond acceptors (Lipinski definition) is 6. The highest BCUT2D eigenvalue weighted by atomic mass is 79.9. The summed E-state index contributed by atoms with van der Waals surface area (Å²) < 4.78 is 3.71. The van der Waals surface area contributed by atoms with Gasteiger partial charge in [-0.3, -0.25) is 14.3 Å². The number of H-pyrrole nitrogens is 2. The predicted octanol–water partition coefficient (Wildman–Crippen LogP) is 4.03. The molecular weight excluding hydrogens is 490 g/mol. The van der Waals surface area contributed by atoms with Gasteiger partial charge in [-0.05, 0) is 30.2 Å². The van der Waals surface area contributed by atoms with Gasteiger partial charge in [0.05, 0.1) is 5.52 Å². The van der Waals surface area contributed by atoms with Crippen LogP contribution in [-0.2, 0) is 20.0 Å². The van der Waals surface area contributed by atoms with Gasteiger partial charge in [0.1, 0.15) is 0 Å². The second-order valence-corrected chi connectivity index (χ2v) is 8.42. The van der Waals surface area contributed by atoms with Crippen LogP contribution in [0.15, 0.2) is 72.8 Å². The van der Waals surface area contributed by atoms with E-state index < -0.39 is 11.2 Å². The number of nitrogens with one attached hydrogen (secondary N) is 2. The summed E-state index contributed by atoms with van der Waals surface area (Å²) in [6.07, 6.45) is 0.613. The van der Waals surface area contributed by atoms with Crippen LogP contribution >= 0.6 is 15.9 Å². The normalized spacial score (nSPS) is 11.8. The van der Waals surface area contributed by atoms with Crippen LogP contribution in [0.5, 0.6) is 5.88 Å². The van der Waals surface area contributed by atoms with E-state index in [2.05, 4.69) is 41.1 Å². The van der Waals surface area contributed by atoms with Crippen LogP contribution in [0, 0.1) is 0 Å². The number of rotatable bonds is 5. The summed E-state index contributed by atoms with van der Waals surface area (Å²) >= 11 is 3.42. The van der Waals surface area contributed by atoms with E-state index >= 15 is 0 Å². The SMILES string of the molecule is Cn1c(=O)[nH]c(=O)c2c1nc(N=Nc1c(O)[nH]c3ccc(Br)cc13)n2CCc1ccccc1. The molecule has 0 saturated carbocycles. The van der Waals surface area contributed by atoms with Gasteiger partial charge in [0.2, 0.25) is 5.88 Å². The van der Waals surface area contributed by atoms with E-state index in [1.54, 1.807) is 4.57 Å². The summed E-state index contributed by atoms with van der Waals surface area (Å²) in [5.74, 6) is 0.0143. The molecule has 11 heteroatoms. The summed E-state index contributed by atoms with van der Waals surface area (Å²) in [7, 11) is 1.53. The summed E-state index contributed by atoms with van der Waals surface area (Å²) in [5, 5.41) is 19.5. The van der Waals surface area contributed by atoms with Gasteiger partial charge < -0.3 is 14.7 Å². The highest BCUT2D eigenvalue weighted by Crippen LogP contribution is 2.37. The number of halogens is 1. The molecule has 5 aromatic rings. The molecule has 0 aliphatic rings. The second-order valence-electron chi connectivity index (χ2n) is 7.50. The molecule has 0 bridgehead atoms. The van der Waals surface area contributed by atoms with Crippen molar-refractivity contribution in [2.24, 2.45) is 17.3 Å². The van der Waals surface area contributed by atoms with Crippen LogP contribution in [0.2, 0.25) is 0 Å². The fourth-order valence-electron chi connectivity index (χ4n) is 3.73. The largest absolute Gasteiger partial charge is 0.493 e. The van der Waals surface area contributed by atoms with Gasteiger partial charge in [-0.1, -0.05) is 46.3 Å². The van der Waals surface area contributed by atoms with Gasteiger partial charge >= 0.3 is 5.69 Å². The fourth-order valence-corrected chi connectivity index (χ4v) is 4.09. The van der Waals surface area contributed by atoms with E-state index in [0.29, 0.717) is 23.9 Å². The number of nitrogens with zero attached hydrogens (tertiary/aromatic N) is 5. The van der Waals surface area contributed by atoms with Gasteiger partial charge in [-0.2, -0.15) is 4.98 Å². The van der Waals surface area contributed by atoms with Gasteiger partial charge in [0.15, 0.2) is 16.9 Å². The molecule has 0 saturated heterocycles. The van der Waals surface area contributed by atoms with Crippen molar-refractivity contribution in [3.8, 4) is 5.88 Å². The first kappa shape index (κ1) is 20.9. The average molecular weight is 508 g/mol. The Morgan fingerprint density at radius 2 is 1.88 bits per heavy atom. The third-order valence-electron chi connectivity index (χ3n) is 5.41. The lowest BCUT2D eigenvalue weighted by Gasteiger charge is -2.06. The highest BCUT2D eigenvalue weighted by molar-refractivity contribution is 9.10. The number of aromatic hydroxyl groups is 1. The number of aromatic nitrogens is 5. The first-order valence-corrected chi connectivity index (χ1v) is 10.9. The van der Waals surface area contributed by atoms with Crippen molar-refractivity contribution in [1.82, 2.24) is 24.1 Å². The van der Waals surface area contributed by atoms with Crippen molar-refractivity contribution in [3.63, 3.8) is 0 Å². The number of fused-ring (bicyclic) bond motifs is 2. The zero-order chi connectivity index (χ0) is 23.1. The Hall–Kier alpha value is -3.99. The van der Waals surface area contributed by atoms with Crippen molar-refractivity contribution in [1.29, 1.82) is 0 Å². The van der Waals surface area contributed by atoms with Gasteiger partial charge in [0, 0.05) is 23.5 Å². The quantitative estimate of drug-likeness (QED) is 0.309. The fraction of sp³-hybridized carbons (Fsp3) is 0.136. The molecule has 33 heavy (non-hydrogen) atoms. The maximum absolute atomic E-state index is 12.6. The Bertz CT molecular complexity index is 1640. The first-order valence-electron chi connectivity index (χ1n) is 10.1. The average Bonchev–Trinajstić information content (AvgIpc) is 3.32. The first-order chi connectivity index (χ1) is 15.9. The molecule has 0 radical (unpaired) electrons. The molecule has 5 rings (SSSR count). The minimum absolute atomic E-state index is 0.135. The zero-order valence-corrected chi connectivity index (χ0v) is 19.0. The molecule has 3 N–H and O–H groups in total. The Morgan fingerprint density at radius 3 is 2.67 bits per heavy atom. The monoisotopic (exact) mass is 507 g/mol. The minimum atomic E-state index is -0.567. The second kappa shape index (κ2) is 8.17. The molecular formula is C22H18BrN7O3. The molecule has 2 aromatic carbocycles. The van der Waals surface area contributed by atoms with Crippen molar-refractivity contribution in [2.75, 3.05) is 0 Å². The van der Waals surface area contributed by atoms with Crippen LogP contribution in [0.3, 0.4) is 0 Å². The Balaban J connectivity index is 1.64. The number of azo groups is 1. The van der Waals surface area contributed by atoms with E-state index in [9.17, 15) is 14.7 Å². The van der Waals surface area contributed by atoms with E-state index in [1.807, 2.05) is 48.5 Å². The molecule has 10 nitrogen and oxygen atoms in total.